The van der Waals surface area contributed by atoms with Crippen molar-refractivity contribution >= 4 is 44.2 Å². The molecule has 3 saturated heterocycles. The molecule has 0 saturated carbocycles. The normalized spacial score (nSPS) is 25.7. The molecule has 8 nitrogen and oxygen atoms in total. The summed E-state index contributed by atoms with van der Waals surface area (Å²) in [6, 6.07) is 8.43. The van der Waals surface area contributed by atoms with Gasteiger partial charge in [-0.1, -0.05) is 18.2 Å². The van der Waals surface area contributed by atoms with E-state index in [0.29, 0.717) is 36.2 Å². The molecule has 2 unspecified atom stereocenters. The van der Waals surface area contributed by atoms with Gasteiger partial charge in [-0.2, -0.15) is 0 Å². The summed E-state index contributed by atoms with van der Waals surface area (Å²) in [5.74, 6) is -0.0754. The lowest BCUT2D eigenvalue weighted by molar-refractivity contribution is -0.146. The molecule has 194 valence electrons. The summed E-state index contributed by atoms with van der Waals surface area (Å²) in [7, 11) is 0. The van der Waals surface area contributed by atoms with Gasteiger partial charge >= 0.3 is 5.97 Å². The van der Waals surface area contributed by atoms with Crippen LogP contribution in [0, 0.1) is 5.41 Å². The van der Waals surface area contributed by atoms with Crippen LogP contribution in [0.2, 0.25) is 0 Å². The van der Waals surface area contributed by atoms with Gasteiger partial charge in [0.25, 0.3) is 5.91 Å². The molecular weight excluding hydrogens is 476 g/mol. The van der Waals surface area contributed by atoms with Crippen molar-refractivity contribution in [2.24, 2.45) is 5.41 Å². The number of anilines is 1. The first-order valence-corrected chi connectivity index (χ1v) is 13.9. The summed E-state index contributed by atoms with van der Waals surface area (Å²) in [6.07, 6.45) is 4.59. The molecule has 0 bridgehead atoms. The highest BCUT2D eigenvalue weighted by Gasteiger charge is 2.52. The van der Waals surface area contributed by atoms with Crippen LogP contribution >= 0.6 is 11.3 Å². The zero-order valence-electron chi connectivity index (χ0n) is 21.2. The van der Waals surface area contributed by atoms with E-state index in [1.807, 2.05) is 34.1 Å². The fourth-order valence-electron chi connectivity index (χ4n) is 6.57. The van der Waals surface area contributed by atoms with E-state index < -0.39 is 0 Å². The highest BCUT2D eigenvalue weighted by Crippen LogP contribution is 2.44. The summed E-state index contributed by atoms with van der Waals surface area (Å²) in [4.78, 5) is 44.4. The second kappa shape index (κ2) is 10.0. The lowest BCUT2D eigenvalue weighted by atomic mass is 9.76. The van der Waals surface area contributed by atoms with Gasteiger partial charge in [-0.15, -0.1) is 11.3 Å². The van der Waals surface area contributed by atoms with E-state index in [-0.39, 0.29) is 35.8 Å². The molecule has 0 aliphatic carbocycles. The Morgan fingerprint density at radius 3 is 2.69 bits per heavy atom. The Balaban J connectivity index is 1.21. The van der Waals surface area contributed by atoms with Crippen molar-refractivity contribution in [2.45, 2.75) is 58.0 Å². The molecule has 3 aliphatic rings. The number of thiophene rings is 1. The lowest BCUT2D eigenvalue weighted by Crippen LogP contribution is -2.54. The van der Waals surface area contributed by atoms with Gasteiger partial charge in [-0.3, -0.25) is 19.3 Å². The van der Waals surface area contributed by atoms with E-state index in [1.165, 1.54) is 18.3 Å². The Labute approximate surface area is 216 Å². The molecule has 36 heavy (non-hydrogen) atoms. The molecule has 3 aliphatic heterocycles. The number of nitrogens with zero attached hydrogens (tertiary/aromatic N) is 3. The maximum absolute atomic E-state index is 13.5. The third-order valence-corrected chi connectivity index (χ3v) is 9.28. The molecule has 1 aromatic heterocycles. The second-order valence-corrected chi connectivity index (χ2v) is 11.7. The number of benzene rings is 1. The summed E-state index contributed by atoms with van der Waals surface area (Å²) < 4.78 is 6.14. The van der Waals surface area contributed by atoms with Gasteiger partial charge in [0.2, 0.25) is 5.91 Å². The minimum absolute atomic E-state index is 0.0294. The zero-order valence-corrected chi connectivity index (χ0v) is 22.0. The molecule has 1 aromatic carbocycles. The van der Waals surface area contributed by atoms with Crippen LogP contribution in [-0.4, -0.2) is 83.9 Å². The fraction of sp³-hybridized carbons (Fsp3) is 0.593. The average molecular weight is 513 g/mol. The molecule has 0 radical (unpaired) electrons. The van der Waals surface area contributed by atoms with Crippen LogP contribution in [0.4, 0.5) is 5.00 Å². The van der Waals surface area contributed by atoms with E-state index in [9.17, 15) is 14.4 Å². The Kier molecular flexibility index (Phi) is 6.96. The Hall–Kier alpha value is -2.65. The number of carbonyl (C=O) groups is 3. The van der Waals surface area contributed by atoms with E-state index >= 15 is 0 Å². The fourth-order valence-corrected chi connectivity index (χ4v) is 7.54. The number of piperidine rings is 2. The molecule has 1 spiro atoms. The number of carbonyl (C=O) groups excluding carboxylic acids is 3. The number of likely N-dealkylation sites (tertiary alicyclic amines) is 3. The Morgan fingerprint density at radius 2 is 1.94 bits per heavy atom. The summed E-state index contributed by atoms with van der Waals surface area (Å²) in [5.41, 5.74) is 6.56. The van der Waals surface area contributed by atoms with Crippen molar-refractivity contribution < 1.29 is 19.1 Å². The van der Waals surface area contributed by atoms with Crippen LogP contribution in [0.25, 0.3) is 10.1 Å². The summed E-state index contributed by atoms with van der Waals surface area (Å²) in [5, 5.41) is 1.53. The Bertz CT molecular complexity index is 1160. The largest absolute Gasteiger partial charge is 0.464 e. The number of esters is 1. The minimum Gasteiger partial charge on any atom is -0.464 e. The van der Waals surface area contributed by atoms with Crippen molar-refractivity contribution in [3.05, 3.63) is 29.8 Å². The highest BCUT2D eigenvalue weighted by atomic mass is 32.1. The predicted octanol–water partition coefficient (Wildman–Crippen LogP) is 3.35. The monoisotopic (exact) mass is 512 g/mol. The van der Waals surface area contributed by atoms with Gasteiger partial charge in [-0.25, -0.2) is 0 Å². The van der Waals surface area contributed by atoms with Gasteiger partial charge in [0, 0.05) is 48.7 Å². The molecule has 2 amide bonds. The highest BCUT2D eigenvalue weighted by molar-refractivity contribution is 7.23. The molecular formula is C27H36N4O4S. The van der Waals surface area contributed by atoms with Crippen LogP contribution in [0.3, 0.4) is 0 Å². The molecule has 4 heterocycles. The van der Waals surface area contributed by atoms with Crippen molar-refractivity contribution in [3.63, 3.8) is 0 Å². The van der Waals surface area contributed by atoms with Gasteiger partial charge in [0.1, 0.15) is 6.61 Å². The number of hydrogen-bond donors (Lipinski definition) is 1. The molecule has 3 fully saturated rings. The first-order valence-electron chi connectivity index (χ1n) is 13.0. The number of hydrogen-bond acceptors (Lipinski definition) is 7. The molecule has 2 atom stereocenters. The van der Waals surface area contributed by atoms with Crippen LogP contribution in [0.1, 0.15) is 56.3 Å². The van der Waals surface area contributed by atoms with E-state index in [1.54, 1.807) is 0 Å². The number of amides is 2. The van der Waals surface area contributed by atoms with Crippen LogP contribution in [0.5, 0.6) is 0 Å². The van der Waals surface area contributed by atoms with Gasteiger partial charge in [0.05, 0.1) is 22.5 Å². The third-order valence-electron chi connectivity index (χ3n) is 8.28. The predicted molar refractivity (Wildman–Crippen MR) is 141 cm³/mol. The van der Waals surface area contributed by atoms with Gasteiger partial charge in [0.15, 0.2) is 0 Å². The van der Waals surface area contributed by atoms with Crippen molar-refractivity contribution in [2.75, 3.05) is 45.1 Å². The lowest BCUT2D eigenvalue weighted by Gasteiger charge is -2.45. The number of ether oxygens (including phenoxy) is 1. The van der Waals surface area contributed by atoms with E-state index in [4.69, 9.17) is 10.5 Å². The first-order chi connectivity index (χ1) is 17.3. The van der Waals surface area contributed by atoms with Crippen molar-refractivity contribution in [1.29, 1.82) is 0 Å². The van der Waals surface area contributed by atoms with E-state index in [2.05, 4.69) is 11.8 Å². The molecule has 2 N–H and O–H groups in total. The summed E-state index contributed by atoms with van der Waals surface area (Å²) >= 11 is 1.47. The minimum atomic E-state index is -0.342. The topological polar surface area (TPSA) is 96.2 Å². The number of rotatable bonds is 5. The smallest absolute Gasteiger partial charge is 0.302 e. The third kappa shape index (κ3) is 4.59. The van der Waals surface area contributed by atoms with Crippen LogP contribution < -0.4 is 5.73 Å². The second-order valence-electron chi connectivity index (χ2n) is 10.6. The van der Waals surface area contributed by atoms with Crippen LogP contribution in [-0.2, 0) is 14.3 Å². The Morgan fingerprint density at radius 1 is 1.19 bits per heavy atom. The van der Waals surface area contributed by atoms with Gasteiger partial charge in [-0.05, 0) is 51.6 Å². The standard InChI is InChI=1S/C27H36N4O4S/c1-18-16-27(26(34)31(18)14-15-35-19(2)32)10-5-11-30(17-27)20-8-12-29(13-9-20)25(33)23-21-6-3-4-7-22(21)36-24(23)28/h3-4,6-7,18,20H,5,8-17,28H2,1-2H3. The van der Waals surface area contributed by atoms with Gasteiger partial charge < -0.3 is 20.3 Å². The SMILES string of the molecule is CC(=O)OCCN1C(=O)C2(CCCN(C3CCN(C(=O)c4c(N)sc5ccccc45)CC3)C2)CC1C. The quantitative estimate of drug-likeness (QED) is 0.618. The number of nitrogen functional groups attached to an aromatic ring is 1. The molecule has 5 rings (SSSR count). The molecule has 9 heteroatoms. The average Bonchev–Trinajstić information content (AvgIpc) is 3.31. The van der Waals surface area contributed by atoms with Crippen LogP contribution in [0.15, 0.2) is 24.3 Å². The molecule has 2 aromatic rings. The number of fused-ring (bicyclic) bond motifs is 1. The number of nitrogens with two attached hydrogens (primary N) is 1. The van der Waals surface area contributed by atoms with Crippen molar-refractivity contribution in [3.8, 4) is 0 Å². The summed E-state index contributed by atoms with van der Waals surface area (Å²) in [6.45, 7) is 7.39. The maximum atomic E-state index is 13.5. The maximum Gasteiger partial charge on any atom is 0.302 e. The zero-order chi connectivity index (χ0) is 25.4. The van der Waals surface area contributed by atoms with E-state index in [0.717, 1.165) is 55.3 Å². The van der Waals surface area contributed by atoms with Crippen molar-refractivity contribution in [1.82, 2.24) is 14.7 Å². The first kappa shape index (κ1) is 25.0.